The van der Waals surface area contributed by atoms with E-state index in [0.717, 1.165) is 43.9 Å². The normalized spacial score (nSPS) is 31.6. The zero-order valence-corrected chi connectivity index (χ0v) is 11.8. The molecule has 0 aliphatic carbocycles. The molecule has 110 valence electrons. The Morgan fingerprint density at radius 3 is 2.85 bits per heavy atom. The fourth-order valence-electron chi connectivity index (χ4n) is 3.20. The van der Waals surface area contributed by atoms with E-state index in [0.29, 0.717) is 12.5 Å². The average molecular weight is 278 g/mol. The summed E-state index contributed by atoms with van der Waals surface area (Å²) in [6.45, 7) is 4.20. The summed E-state index contributed by atoms with van der Waals surface area (Å²) in [4.78, 5) is 8.83. The number of nitrogens with two attached hydrogens (primary N) is 1. The van der Waals surface area contributed by atoms with Crippen molar-refractivity contribution in [1.29, 1.82) is 0 Å². The Hall–Kier alpha value is -1.08. The fraction of sp³-hybridized carbons (Fsp3) is 0.714. The number of hydrazine groups is 1. The van der Waals surface area contributed by atoms with Crippen LogP contribution in [-0.2, 0) is 9.47 Å². The molecule has 2 saturated heterocycles. The van der Waals surface area contributed by atoms with Crippen LogP contribution >= 0.6 is 0 Å². The standard InChI is InChI=1S/C14H22N4O2/c1-10-7-16-13(17-8-10)12(18-15)11-2-4-20-14(6-11)3-5-19-9-14/h7-8,11-12,18H,2-6,9,15H2,1H3. The summed E-state index contributed by atoms with van der Waals surface area (Å²) in [6, 6.07) is -0.0306. The van der Waals surface area contributed by atoms with Crippen LogP contribution in [0.1, 0.15) is 36.7 Å². The predicted octanol–water partition coefficient (Wildman–Crippen LogP) is 0.875. The quantitative estimate of drug-likeness (QED) is 0.631. The van der Waals surface area contributed by atoms with E-state index in [9.17, 15) is 0 Å². The molecule has 0 bridgehead atoms. The first-order chi connectivity index (χ1) is 9.72. The molecular formula is C14H22N4O2. The van der Waals surface area contributed by atoms with Gasteiger partial charge >= 0.3 is 0 Å². The molecule has 3 unspecified atom stereocenters. The van der Waals surface area contributed by atoms with Crippen molar-refractivity contribution in [3.8, 4) is 0 Å². The van der Waals surface area contributed by atoms with E-state index in [2.05, 4.69) is 15.4 Å². The monoisotopic (exact) mass is 278 g/mol. The lowest BCUT2D eigenvalue weighted by Gasteiger charge is -2.39. The predicted molar refractivity (Wildman–Crippen MR) is 73.7 cm³/mol. The van der Waals surface area contributed by atoms with Crippen LogP contribution in [0.5, 0.6) is 0 Å². The molecule has 2 fully saturated rings. The van der Waals surface area contributed by atoms with E-state index in [1.165, 1.54) is 0 Å². The third-order valence-corrected chi connectivity index (χ3v) is 4.33. The highest BCUT2D eigenvalue weighted by atomic mass is 16.6. The summed E-state index contributed by atoms with van der Waals surface area (Å²) in [6.07, 6.45) is 6.55. The van der Waals surface area contributed by atoms with Gasteiger partial charge in [-0.2, -0.15) is 0 Å². The highest BCUT2D eigenvalue weighted by molar-refractivity contribution is 5.06. The lowest BCUT2D eigenvalue weighted by atomic mass is 9.81. The third-order valence-electron chi connectivity index (χ3n) is 4.33. The Morgan fingerprint density at radius 1 is 1.40 bits per heavy atom. The zero-order chi connectivity index (χ0) is 14.0. The minimum absolute atomic E-state index is 0.0306. The van der Waals surface area contributed by atoms with Crippen molar-refractivity contribution < 1.29 is 9.47 Å². The van der Waals surface area contributed by atoms with Gasteiger partial charge in [-0.15, -0.1) is 0 Å². The smallest absolute Gasteiger partial charge is 0.146 e. The number of rotatable bonds is 3. The maximum atomic E-state index is 5.97. The van der Waals surface area contributed by atoms with Crippen molar-refractivity contribution >= 4 is 0 Å². The Morgan fingerprint density at radius 2 is 2.20 bits per heavy atom. The molecule has 3 N–H and O–H groups in total. The summed E-state index contributed by atoms with van der Waals surface area (Å²) in [5.74, 6) is 6.90. The Bertz CT molecular complexity index is 445. The van der Waals surface area contributed by atoms with Crippen molar-refractivity contribution in [3.05, 3.63) is 23.8 Å². The lowest BCUT2D eigenvalue weighted by Crippen LogP contribution is -2.45. The first-order valence-electron chi connectivity index (χ1n) is 7.19. The number of nitrogens with one attached hydrogen (secondary N) is 1. The molecule has 1 spiro atoms. The first kappa shape index (κ1) is 13.9. The molecule has 3 atom stereocenters. The van der Waals surface area contributed by atoms with E-state index in [1.807, 2.05) is 19.3 Å². The molecule has 3 heterocycles. The van der Waals surface area contributed by atoms with Crippen LogP contribution in [0.3, 0.4) is 0 Å². The van der Waals surface area contributed by atoms with Crippen molar-refractivity contribution in [2.45, 2.75) is 37.8 Å². The van der Waals surface area contributed by atoms with Crippen molar-refractivity contribution in [2.24, 2.45) is 11.8 Å². The molecule has 3 rings (SSSR count). The Labute approximate surface area is 119 Å². The van der Waals surface area contributed by atoms with Gasteiger partial charge in [0.05, 0.1) is 18.2 Å². The van der Waals surface area contributed by atoms with Gasteiger partial charge in [-0.1, -0.05) is 0 Å². The molecule has 0 radical (unpaired) electrons. The van der Waals surface area contributed by atoms with Gasteiger partial charge in [0, 0.05) is 32.0 Å². The van der Waals surface area contributed by atoms with Gasteiger partial charge in [0.15, 0.2) is 0 Å². The van der Waals surface area contributed by atoms with E-state index >= 15 is 0 Å². The van der Waals surface area contributed by atoms with Gasteiger partial charge in [0.1, 0.15) is 5.82 Å². The highest BCUT2D eigenvalue weighted by Crippen LogP contribution is 2.40. The van der Waals surface area contributed by atoms with Crippen molar-refractivity contribution in [3.63, 3.8) is 0 Å². The van der Waals surface area contributed by atoms with E-state index in [1.54, 1.807) is 0 Å². The van der Waals surface area contributed by atoms with Gasteiger partial charge in [-0.25, -0.2) is 15.4 Å². The van der Waals surface area contributed by atoms with Gasteiger partial charge < -0.3 is 9.47 Å². The van der Waals surface area contributed by atoms with Crippen LogP contribution < -0.4 is 11.3 Å². The van der Waals surface area contributed by atoms with E-state index in [-0.39, 0.29) is 11.6 Å². The van der Waals surface area contributed by atoms with E-state index < -0.39 is 0 Å². The number of aryl methyl sites for hydroxylation is 1. The van der Waals surface area contributed by atoms with Crippen LogP contribution in [0.2, 0.25) is 0 Å². The molecule has 2 aliphatic heterocycles. The molecule has 6 heteroatoms. The summed E-state index contributed by atoms with van der Waals surface area (Å²) in [5, 5.41) is 0. The molecule has 0 amide bonds. The van der Waals surface area contributed by atoms with Crippen molar-refractivity contribution in [1.82, 2.24) is 15.4 Å². The number of aromatic nitrogens is 2. The molecule has 1 aromatic rings. The number of ether oxygens (including phenoxy) is 2. The summed E-state index contributed by atoms with van der Waals surface area (Å²) in [5.41, 5.74) is 3.82. The molecule has 0 aromatic carbocycles. The number of hydrogen-bond acceptors (Lipinski definition) is 6. The number of hydrogen-bond donors (Lipinski definition) is 2. The Balaban J connectivity index is 1.76. The molecular weight excluding hydrogens is 256 g/mol. The largest absolute Gasteiger partial charge is 0.378 e. The third kappa shape index (κ3) is 2.69. The minimum Gasteiger partial charge on any atom is -0.378 e. The highest BCUT2D eigenvalue weighted by Gasteiger charge is 2.43. The average Bonchev–Trinajstić information content (AvgIpc) is 2.90. The molecule has 0 saturated carbocycles. The maximum absolute atomic E-state index is 5.97. The fourth-order valence-corrected chi connectivity index (χ4v) is 3.20. The SMILES string of the molecule is Cc1cnc(C(NN)C2CCOC3(CCOC3)C2)nc1. The Kier molecular flexibility index (Phi) is 3.98. The second-order valence-corrected chi connectivity index (χ2v) is 5.85. The summed E-state index contributed by atoms with van der Waals surface area (Å²) in [7, 11) is 0. The van der Waals surface area contributed by atoms with Crippen LogP contribution in [-0.4, -0.2) is 35.4 Å². The first-order valence-corrected chi connectivity index (χ1v) is 7.19. The van der Waals surface area contributed by atoms with Crippen molar-refractivity contribution in [2.75, 3.05) is 19.8 Å². The summed E-state index contributed by atoms with van der Waals surface area (Å²) < 4.78 is 11.5. The minimum atomic E-state index is -0.122. The molecule has 20 heavy (non-hydrogen) atoms. The zero-order valence-electron chi connectivity index (χ0n) is 11.8. The number of nitrogens with zero attached hydrogens (tertiary/aromatic N) is 2. The van der Waals surface area contributed by atoms with Gasteiger partial charge in [-0.05, 0) is 31.2 Å². The van der Waals surface area contributed by atoms with Crippen LogP contribution in [0.25, 0.3) is 0 Å². The molecule has 1 aromatic heterocycles. The topological polar surface area (TPSA) is 82.3 Å². The van der Waals surface area contributed by atoms with Gasteiger partial charge in [-0.3, -0.25) is 5.84 Å². The second kappa shape index (κ2) is 5.73. The van der Waals surface area contributed by atoms with Crippen LogP contribution in [0, 0.1) is 12.8 Å². The summed E-state index contributed by atoms with van der Waals surface area (Å²) >= 11 is 0. The molecule has 2 aliphatic rings. The van der Waals surface area contributed by atoms with Crippen LogP contribution in [0.15, 0.2) is 12.4 Å². The lowest BCUT2D eigenvalue weighted by molar-refractivity contribution is -0.103. The molecule has 6 nitrogen and oxygen atoms in total. The maximum Gasteiger partial charge on any atom is 0.146 e. The van der Waals surface area contributed by atoms with E-state index in [4.69, 9.17) is 15.3 Å². The van der Waals surface area contributed by atoms with Gasteiger partial charge in [0.2, 0.25) is 0 Å². The van der Waals surface area contributed by atoms with Gasteiger partial charge in [0.25, 0.3) is 0 Å². The second-order valence-electron chi connectivity index (χ2n) is 5.85. The van der Waals surface area contributed by atoms with Crippen LogP contribution in [0.4, 0.5) is 0 Å².